The van der Waals surface area contributed by atoms with Gasteiger partial charge in [0, 0.05) is 34.4 Å². The van der Waals surface area contributed by atoms with Crippen LogP contribution >= 0.6 is 11.8 Å². The summed E-state index contributed by atoms with van der Waals surface area (Å²) in [5.74, 6) is 0.197. The Morgan fingerprint density at radius 2 is 0.903 bits per heavy atom. The summed E-state index contributed by atoms with van der Waals surface area (Å²) in [6.45, 7) is 33.4. The summed E-state index contributed by atoms with van der Waals surface area (Å²) in [4.78, 5) is 39.5. The molecule has 0 bridgehead atoms. The summed E-state index contributed by atoms with van der Waals surface area (Å²) in [6, 6.07) is 6.50. The van der Waals surface area contributed by atoms with Crippen molar-refractivity contribution in [2.24, 2.45) is 0 Å². The van der Waals surface area contributed by atoms with Gasteiger partial charge in [0.15, 0.2) is 0 Å². The Morgan fingerprint density at radius 1 is 0.514 bits per heavy atom. The zero-order valence-corrected chi connectivity index (χ0v) is 47.9. The fourth-order valence-corrected chi connectivity index (χ4v) is 8.73. The maximum Gasteiger partial charge on any atom is 0.297 e. The number of carbonyl (C=O) groups excluding carboxylic acids is 3. The predicted octanol–water partition coefficient (Wildman–Crippen LogP) is 3.69. The molecular formula is C49H91ClN6O15S. The number of methoxy groups -OCH3 is 3. The summed E-state index contributed by atoms with van der Waals surface area (Å²) in [7, 11) is 1.17. The van der Waals surface area contributed by atoms with Crippen LogP contribution in [0.1, 0.15) is 88.6 Å². The fraction of sp³-hybridized carbons (Fsp3) is 0.816. The van der Waals surface area contributed by atoms with Crippen LogP contribution in [0.4, 0.5) is 0 Å². The van der Waals surface area contributed by atoms with Crippen LogP contribution in [0.25, 0.3) is 0 Å². The lowest BCUT2D eigenvalue weighted by atomic mass is 10.1. The third kappa shape index (κ3) is 23.5. The molecule has 3 N–H and O–H groups in total. The third-order valence-electron chi connectivity index (χ3n) is 11.2. The van der Waals surface area contributed by atoms with Gasteiger partial charge in [0.2, 0.25) is 17.7 Å². The highest BCUT2D eigenvalue weighted by atomic mass is 35.5. The van der Waals surface area contributed by atoms with Crippen molar-refractivity contribution in [1.82, 2.24) is 30.2 Å². The third-order valence-corrected chi connectivity index (χ3v) is 13.4. The van der Waals surface area contributed by atoms with Crippen LogP contribution < -0.4 is 16.0 Å². The quantitative estimate of drug-likeness (QED) is 0.0591. The van der Waals surface area contributed by atoms with Crippen molar-refractivity contribution >= 4 is 39.6 Å². The van der Waals surface area contributed by atoms with E-state index >= 15 is 0 Å². The number of hydrogen-bond acceptors (Lipinski definition) is 18. The van der Waals surface area contributed by atoms with Gasteiger partial charge in [-0.25, -0.2) is 0 Å². The minimum absolute atomic E-state index is 0.0162. The number of aryl methyl sites for hydroxylation is 1. The fourth-order valence-electron chi connectivity index (χ4n) is 7.68. The molecule has 0 spiro atoms. The lowest BCUT2D eigenvalue weighted by Crippen LogP contribution is -2.49. The summed E-state index contributed by atoms with van der Waals surface area (Å²) >= 11 is 6.29. The highest BCUT2D eigenvalue weighted by Crippen LogP contribution is 2.39. The molecule has 1 aromatic rings. The predicted molar refractivity (Wildman–Crippen MR) is 275 cm³/mol. The Bertz CT molecular complexity index is 1840. The van der Waals surface area contributed by atoms with Gasteiger partial charge >= 0.3 is 0 Å². The normalized spacial score (nSPS) is 19.3. The molecule has 3 heterocycles. The van der Waals surface area contributed by atoms with Gasteiger partial charge < -0.3 is 57.7 Å². The van der Waals surface area contributed by atoms with Crippen molar-refractivity contribution in [2.75, 3.05) is 140 Å². The Hall–Kier alpha value is -2.65. The smallest absolute Gasteiger partial charge is 0.297 e. The molecule has 420 valence electrons. The van der Waals surface area contributed by atoms with Gasteiger partial charge in [0.1, 0.15) is 11.2 Å². The summed E-state index contributed by atoms with van der Waals surface area (Å²) in [5, 5.41) is 9.32. The number of rotatable bonds is 29. The Balaban J connectivity index is 0.000000493. The lowest BCUT2D eigenvalue weighted by Gasteiger charge is -2.35. The first-order valence-corrected chi connectivity index (χ1v) is 26.1. The monoisotopic (exact) mass is 1070 g/mol. The molecule has 72 heavy (non-hydrogen) atoms. The van der Waals surface area contributed by atoms with Gasteiger partial charge in [0.25, 0.3) is 10.1 Å². The summed E-state index contributed by atoms with van der Waals surface area (Å²) in [5.41, 5.74) is -1.74. The molecule has 1 aromatic carbocycles. The Morgan fingerprint density at radius 3 is 1.22 bits per heavy atom. The molecule has 0 saturated carbocycles. The molecule has 3 aliphatic heterocycles. The second-order valence-corrected chi connectivity index (χ2v) is 22.1. The number of benzene rings is 1. The number of amides is 3. The molecule has 0 aromatic heterocycles. The van der Waals surface area contributed by atoms with E-state index in [4.69, 9.17) is 58.6 Å². The maximum atomic E-state index is 12.4. The van der Waals surface area contributed by atoms with E-state index in [2.05, 4.69) is 16.0 Å². The van der Waals surface area contributed by atoms with E-state index in [0.717, 1.165) is 5.56 Å². The molecule has 0 aliphatic carbocycles. The Kier molecular flexibility index (Phi) is 30.0. The second-order valence-electron chi connectivity index (χ2n) is 20.1. The van der Waals surface area contributed by atoms with Crippen molar-refractivity contribution in [3.05, 3.63) is 29.8 Å². The standard InChI is InChI=1S/C14H27ClN2O4.C14H28N2O4.C14H22O6S.C7H14N2O/c1-13(2)12(18)16(14(3,4)17(13)15)6-7-20-10-11-21-9-8-19-5;1-13(2)12(17)16(14(3,4)15-13)6-7-19-10-11-20-9-8-18-5;1-13-3-5-14(6-4-13)21(15,16)20-12-11-19-10-9-18-8-7-17-2;1-6(2)5(10)8-7(3,4)9-6/h6-11H2,1-5H3;15H,6-11H2,1-5H3;3-6H,7-12H2,1-2H3;9H,1-4H3,(H,8,10). The van der Waals surface area contributed by atoms with Gasteiger partial charge in [-0.05, 0) is 114 Å². The zero-order valence-electron chi connectivity index (χ0n) is 46.3. The number of carbonyl (C=O) groups is 3. The van der Waals surface area contributed by atoms with E-state index in [1.807, 2.05) is 94.9 Å². The highest BCUT2D eigenvalue weighted by Gasteiger charge is 2.56. The second kappa shape index (κ2) is 32.1. The molecule has 3 amide bonds. The van der Waals surface area contributed by atoms with Gasteiger partial charge in [-0.1, -0.05) is 17.7 Å². The van der Waals surface area contributed by atoms with E-state index in [1.54, 1.807) is 42.8 Å². The number of hydrogen-bond donors (Lipinski definition) is 3. The van der Waals surface area contributed by atoms with Gasteiger partial charge in [-0.3, -0.25) is 29.2 Å². The average molecular weight is 1070 g/mol. The van der Waals surface area contributed by atoms with Crippen molar-refractivity contribution in [3.8, 4) is 0 Å². The molecule has 3 fully saturated rings. The molecule has 23 heteroatoms. The maximum absolute atomic E-state index is 12.4. The van der Waals surface area contributed by atoms with Crippen molar-refractivity contribution in [1.29, 1.82) is 0 Å². The molecule has 3 saturated heterocycles. The largest absolute Gasteiger partial charge is 0.382 e. The molecular weight excluding hydrogens is 980 g/mol. The number of nitrogens with zero attached hydrogens (tertiary/aromatic N) is 3. The van der Waals surface area contributed by atoms with Crippen LogP contribution in [0.15, 0.2) is 29.2 Å². The molecule has 4 rings (SSSR count). The van der Waals surface area contributed by atoms with E-state index < -0.39 is 32.4 Å². The molecule has 3 aliphatic rings. The van der Waals surface area contributed by atoms with E-state index in [9.17, 15) is 22.8 Å². The van der Waals surface area contributed by atoms with E-state index in [-0.39, 0.29) is 47.2 Å². The molecule has 0 radical (unpaired) electrons. The molecule has 0 unspecified atom stereocenters. The summed E-state index contributed by atoms with van der Waals surface area (Å²) in [6.07, 6.45) is 0. The lowest BCUT2D eigenvalue weighted by molar-refractivity contribution is -0.135. The SMILES string of the molecule is CC1(C)NC(=O)C(C)(C)N1.COCCOCCOCCN1C(=O)C(C)(C)N(Cl)C1(C)C.COCCOCCOCCN1C(=O)C(C)(C)NC1(C)C.COCCOCCOCCOS(=O)(=O)c1ccc(C)cc1. The van der Waals surface area contributed by atoms with Crippen LogP contribution in [-0.4, -0.2) is 214 Å². The van der Waals surface area contributed by atoms with Crippen LogP contribution in [0.3, 0.4) is 0 Å². The van der Waals surface area contributed by atoms with Crippen molar-refractivity contribution in [3.63, 3.8) is 0 Å². The van der Waals surface area contributed by atoms with Crippen LogP contribution in [0.2, 0.25) is 0 Å². The molecule has 21 nitrogen and oxygen atoms in total. The minimum Gasteiger partial charge on any atom is -0.382 e. The first-order chi connectivity index (χ1) is 33.5. The average Bonchev–Trinajstić information content (AvgIpc) is 3.64. The molecule has 0 atom stereocenters. The topological polar surface area (TPSA) is 223 Å². The number of nitrogens with one attached hydrogen (secondary N) is 3. The first kappa shape index (κ1) is 67.4. The van der Waals surface area contributed by atoms with Crippen LogP contribution in [0.5, 0.6) is 0 Å². The number of halogens is 1. The first-order valence-electron chi connectivity index (χ1n) is 24.4. The van der Waals surface area contributed by atoms with Crippen molar-refractivity contribution < 1.29 is 69.6 Å². The Labute approximate surface area is 436 Å². The van der Waals surface area contributed by atoms with E-state index in [1.165, 1.54) is 12.1 Å². The minimum atomic E-state index is -3.71. The van der Waals surface area contributed by atoms with Gasteiger partial charge in [0.05, 0.1) is 133 Å². The van der Waals surface area contributed by atoms with Crippen LogP contribution in [0, 0.1) is 6.92 Å². The summed E-state index contributed by atoms with van der Waals surface area (Å²) < 4.78 is 76.7. The zero-order chi connectivity index (χ0) is 54.9. The van der Waals surface area contributed by atoms with Crippen molar-refractivity contribution in [2.45, 2.75) is 129 Å². The van der Waals surface area contributed by atoms with Crippen LogP contribution in [-0.2, 0) is 71.3 Å². The van der Waals surface area contributed by atoms with Gasteiger partial charge in [-0.15, -0.1) is 0 Å². The highest BCUT2D eigenvalue weighted by molar-refractivity contribution is 7.86. The van der Waals surface area contributed by atoms with E-state index in [0.29, 0.717) is 106 Å². The van der Waals surface area contributed by atoms with Gasteiger partial charge in [-0.2, -0.15) is 12.8 Å². The number of ether oxygens (including phenoxy) is 9.